The molecule has 0 heterocycles. The number of ether oxygens (including phenoxy) is 1. The van der Waals surface area contributed by atoms with Crippen LogP contribution in [0.25, 0.3) is 0 Å². The summed E-state index contributed by atoms with van der Waals surface area (Å²) in [4.78, 5) is 12.2. The van der Waals surface area contributed by atoms with E-state index in [0.717, 1.165) is 37.4 Å². The highest BCUT2D eigenvalue weighted by atomic mass is 16.5. The molecule has 0 radical (unpaired) electrons. The molecule has 4 nitrogen and oxygen atoms in total. The highest BCUT2D eigenvalue weighted by Gasteiger charge is 2.33. The summed E-state index contributed by atoms with van der Waals surface area (Å²) in [5.74, 6) is 0.0902. The van der Waals surface area contributed by atoms with Crippen LogP contribution < -0.4 is 11.1 Å². The fourth-order valence-corrected chi connectivity index (χ4v) is 3.24. The molecule has 1 fully saturated rings. The Labute approximate surface area is 133 Å². The van der Waals surface area contributed by atoms with E-state index in [1.165, 1.54) is 25.7 Å². The third-order valence-corrected chi connectivity index (χ3v) is 4.65. The van der Waals surface area contributed by atoms with Crippen molar-refractivity contribution in [1.82, 2.24) is 5.32 Å². The zero-order valence-electron chi connectivity index (χ0n) is 13.6. The summed E-state index contributed by atoms with van der Waals surface area (Å²) < 4.78 is 5.51. The van der Waals surface area contributed by atoms with Crippen LogP contribution in [0.1, 0.15) is 44.6 Å². The van der Waals surface area contributed by atoms with Gasteiger partial charge in [0.15, 0.2) is 0 Å². The van der Waals surface area contributed by atoms with Crippen molar-refractivity contribution in [2.24, 2.45) is 5.41 Å². The van der Waals surface area contributed by atoms with Crippen LogP contribution in [-0.2, 0) is 16.0 Å². The molecule has 1 aromatic carbocycles. The van der Waals surface area contributed by atoms with Crippen molar-refractivity contribution in [1.29, 1.82) is 0 Å². The zero-order chi connectivity index (χ0) is 15.8. The molecule has 1 aliphatic carbocycles. The first kappa shape index (κ1) is 16.8. The summed E-state index contributed by atoms with van der Waals surface area (Å²) in [6, 6.07) is 7.50. The third-order valence-electron chi connectivity index (χ3n) is 4.65. The van der Waals surface area contributed by atoms with Crippen molar-refractivity contribution in [3.05, 3.63) is 29.8 Å². The number of rotatable bonds is 8. The van der Waals surface area contributed by atoms with Gasteiger partial charge in [-0.15, -0.1) is 0 Å². The molecule has 0 unspecified atom stereocenters. The maximum absolute atomic E-state index is 12.2. The van der Waals surface area contributed by atoms with E-state index in [0.29, 0.717) is 6.42 Å². The number of carbonyl (C=O) groups is 1. The number of nitrogens with one attached hydrogen (secondary N) is 1. The first-order chi connectivity index (χ1) is 10.6. The molecule has 122 valence electrons. The number of nitrogens with two attached hydrogens (primary N) is 1. The van der Waals surface area contributed by atoms with E-state index in [2.05, 4.69) is 5.32 Å². The van der Waals surface area contributed by atoms with Crippen LogP contribution >= 0.6 is 0 Å². The van der Waals surface area contributed by atoms with E-state index in [-0.39, 0.29) is 11.3 Å². The third kappa shape index (κ3) is 5.02. The molecule has 0 bridgehead atoms. The first-order valence-electron chi connectivity index (χ1n) is 8.32. The van der Waals surface area contributed by atoms with Crippen molar-refractivity contribution in [3.63, 3.8) is 0 Å². The topological polar surface area (TPSA) is 64.3 Å². The lowest BCUT2D eigenvalue weighted by atomic mass is 9.83. The van der Waals surface area contributed by atoms with Gasteiger partial charge in [0, 0.05) is 25.4 Å². The van der Waals surface area contributed by atoms with Gasteiger partial charge in [0.1, 0.15) is 0 Å². The zero-order valence-corrected chi connectivity index (χ0v) is 13.6. The van der Waals surface area contributed by atoms with Crippen LogP contribution in [0.5, 0.6) is 0 Å². The maximum atomic E-state index is 12.2. The van der Waals surface area contributed by atoms with Gasteiger partial charge >= 0.3 is 0 Å². The Hall–Kier alpha value is -1.55. The van der Waals surface area contributed by atoms with E-state index in [4.69, 9.17) is 10.5 Å². The fourth-order valence-electron chi connectivity index (χ4n) is 3.24. The summed E-state index contributed by atoms with van der Waals surface area (Å²) >= 11 is 0. The molecule has 0 saturated heterocycles. The van der Waals surface area contributed by atoms with Gasteiger partial charge in [-0.25, -0.2) is 0 Å². The molecule has 4 heteroatoms. The largest absolute Gasteiger partial charge is 0.399 e. The number of anilines is 1. The Balaban J connectivity index is 1.81. The van der Waals surface area contributed by atoms with E-state index in [9.17, 15) is 4.79 Å². The summed E-state index contributed by atoms with van der Waals surface area (Å²) in [6.45, 7) is 4.35. The molecule has 0 spiro atoms. The van der Waals surface area contributed by atoms with Crippen LogP contribution in [0.15, 0.2) is 24.3 Å². The van der Waals surface area contributed by atoms with Crippen molar-refractivity contribution in [2.75, 3.05) is 25.5 Å². The molecule has 1 aromatic rings. The number of carbonyl (C=O) groups excluding carboxylic acids is 1. The van der Waals surface area contributed by atoms with E-state index >= 15 is 0 Å². The summed E-state index contributed by atoms with van der Waals surface area (Å²) in [5, 5.41) is 3.13. The molecule has 3 N–H and O–H groups in total. The second kappa shape index (κ2) is 8.18. The highest BCUT2D eigenvalue weighted by Crippen LogP contribution is 2.40. The Morgan fingerprint density at radius 3 is 2.59 bits per heavy atom. The van der Waals surface area contributed by atoms with Gasteiger partial charge in [-0.3, -0.25) is 4.79 Å². The van der Waals surface area contributed by atoms with Gasteiger partial charge in [0.05, 0.1) is 6.42 Å². The lowest BCUT2D eigenvalue weighted by molar-refractivity contribution is -0.121. The minimum absolute atomic E-state index is 0.0902. The molecule has 1 saturated carbocycles. The number of hydrogen-bond donors (Lipinski definition) is 2. The Kier molecular flexibility index (Phi) is 6.25. The normalized spacial score (nSPS) is 16.6. The fraction of sp³-hybridized carbons (Fsp3) is 0.611. The van der Waals surface area contributed by atoms with Crippen LogP contribution in [0.2, 0.25) is 0 Å². The molecular formula is C18H28N2O2. The SMILES string of the molecule is CCOCCC1(CNC(=O)Cc2ccc(N)cc2)CCCC1. The molecule has 22 heavy (non-hydrogen) atoms. The number of hydrogen-bond acceptors (Lipinski definition) is 3. The molecule has 0 atom stereocenters. The predicted molar refractivity (Wildman–Crippen MR) is 89.6 cm³/mol. The molecule has 0 aromatic heterocycles. The van der Waals surface area contributed by atoms with Crippen LogP contribution in [0.4, 0.5) is 5.69 Å². The standard InChI is InChI=1S/C18H28N2O2/c1-2-22-12-11-18(9-3-4-10-18)14-20-17(21)13-15-5-7-16(19)8-6-15/h5-8H,2-4,9-14,19H2,1H3,(H,20,21). The monoisotopic (exact) mass is 304 g/mol. The minimum Gasteiger partial charge on any atom is -0.399 e. The van der Waals surface area contributed by atoms with Gasteiger partial charge in [-0.2, -0.15) is 0 Å². The van der Waals surface area contributed by atoms with Gasteiger partial charge in [0.2, 0.25) is 5.91 Å². The quantitative estimate of drug-likeness (QED) is 0.573. The molecular weight excluding hydrogens is 276 g/mol. The van der Waals surface area contributed by atoms with Crippen molar-refractivity contribution in [2.45, 2.75) is 45.4 Å². The summed E-state index contributed by atoms with van der Waals surface area (Å²) in [5.41, 5.74) is 7.63. The average molecular weight is 304 g/mol. The minimum atomic E-state index is 0.0902. The number of amides is 1. The Bertz CT molecular complexity index is 464. The van der Waals surface area contributed by atoms with Crippen LogP contribution in [0.3, 0.4) is 0 Å². The summed E-state index contributed by atoms with van der Waals surface area (Å²) in [6.07, 6.45) is 6.38. The molecule has 2 rings (SSSR count). The van der Waals surface area contributed by atoms with Crippen molar-refractivity contribution >= 4 is 11.6 Å². The number of benzene rings is 1. The van der Waals surface area contributed by atoms with Crippen LogP contribution in [0, 0.1) is 5.41 Å². The first-order valence-corrected chi connectivity index (χ1v) is 8.32. The summed E-state index contributed by atoms with van der Waals surface area (Å²) in [7, 11) is 0. The average Bonchev–Trinajstić information content (AvgIpc) is 2.97. The van der Waals surface area contributed by atoms with E-state index in [1.54, 1.807) is 0 Å². The van der Waals surface area contributed by atoms with Gasteiger partial charge in [0.25, 0.3) is 0 Å². The van der Waals surface area contributed by atoms with Gasteiger partial charge in [-0.1, -0.05) is 25.0 Å². The van der Waals surface area contributed by atoms with Crippen molar-refractivity contribution in [3.8, 4) is 0 Å². The van der Waals surface area contributed by atoms with E-state index in [1.807, 2.05) is 31.2 Å². The lowest BCUT2D eigenvalue weighted by Gasteiger charge is -2.29. The second-order valence-electron chi connectivity index (χ2n) is 6.35. The molecule has 0 aliphatic heterocycles. The maximum Gasteiger partial charge on any atom is 0.224 e. The Morgan fingerprint density at radius 1 is 1.27 bits per heavy atom. The molecule has 1 amide bonds. The van der Waals surface area contributed by atoms with Crippen LogP contribution in [-0.4, -0.2) is 25.7 Å². The van der Waals surface area contributed by atoms with E-state index < -0.39 is 0 Å². The Morgan fingerprint density at radius 2 is 1.95 bits per heavy atom. The van der Waals surface area contributed by atoms with Gasteiger partial charge < -0.3 is 15.8 Å². The second-order valence-corrected chi connectivity index (χ2v) is 6.35. The van der Waals surface area contributed by atoms with Gasteiger partial charge in [-0.05, 0) is 49.3 Å². The highest BCUT2D eigenvalue weighted by molar-refractivity contribution is 5.78. The molecule has 1 aliphatic rings. The van der Waals surface area contributed by atoms with Crippen molar-refractivity contribution < 1.29 is 9.53 Å². The lowest BCUT2D eigenvalue weighted by Crippen LogP contribution is -2.37. The smallest absolute Gasteiger partial charge is 0.224 e. The number of nitrogen functional groups attached to an aromatic ring is 1. The predicted octanol–water partition coefficient (Wildman–Crippen LogP) is 2.91.